The number of ether oxygens (including phenoxy) is 1. The first-order valence-corrected chi connectivity index (χ1v) is 13.9. The zero-order chi connectivity index (χ0) is 26.5. The molecule has 2 aliphatic carbocycles. The third-order valence-corrected chi connectivity index (χ3v) is 8.78. The second-order valence-corrected chi connectivity index (χ2v) is 11.1. The van der Waals surface area contributed by atoms with Crippen LogP contribution in [0.25, 0.3) is 0 Å². The lowest BCUT2D eigenvalue weighted by atomic mass is 9.68. The first-order valence-electron chi connectivity index (χ1n) is 13.9. The zero-order valence-electron chi connectivity index (χ0n) is 21.8. The van der Waals surface area contributed by atoms with Gasteiger partial charge in [-0.3, -0.25) is 0 Å². The molecule has 3 nitrogen and oxygen atoms in total. The van der Waals surface area contributed by atoms with Gasteiger partial charge in [-0.05, 0) is 86.0 Å². The minimum absolute atomic E-state index is 0.0232. The Balaban J connectivity index is 1.39. The van der Waals surface area contributed by atoms with Crippen molar-refractivity contribution in [1.29, 1.82) is 0 Å². The van der Waals surface area contributed by atoms with Crippen molar-refractivity contribution >= 4 is 11.4 Å². The summed E-state index contributed by atoms with van der Waals surface area (Å²) in [5, 5.41) is 0. The van der Waals surface area contributed by atoms with Crippen LogP contribution in [0.1, 0.15) is 107 Å². The number of unbranched alkanes of at least 4 members (excludes halogenated alkanes) is 2. The Morgan fingerprint density at radius 3 is 2.14 bits per heavy atom. The minimum Gasteiger partial charge on any atom is -0.449 e. The van der Waals surface area contributed by atoms with Gasteiger partial charge in [0.2, 0.25) is 0 Å². The molecule has 7 heteroatoms. The molecule has 4 rings (SSSR count). The SMILES string of the molecule is CCCCCC1CCC(C2CCC(c3ccc(F)c(Oc4ccc(N)c(C(F)F)c4N)c3F)CC2)CC1. The van der Waals surface area contributed by atoms with E-state index < -0.39 is 35.1 Å². The second-order valence-electron chi connectivity index (χ2n) is 11.1. The van der Waals surface area contributed by atoms with Gasteiger partial charge >= 0.3 is 0 Å². The lowest BCUT2D eigenvalue weighted by Crippen LogP contribution is -2.25. The van der Waals surface area contributed by atoms with E-state index in [1.54, 1.807) is 0 Å². The van der Waals surface area contributed by atoms with Crippen LogP contribution in [0.2, 0.25) is 0 Å². The quantitative estimate of drug-likeness (QED) is 0.197. The van der Waals surface area contributed by atoms with Crippen LogP contribution < -0.4 is 16.2 Å². The molecule has 2 aromatic rings. The van der Waals surface area contributed by atoms with Crippen LogP contribution in [-0.2, 0) is 0 Å². The lowest BCUT2D eigenvalue weighted by molar-refractivity contribution is 0.153. The Labute approximate surface area is 218 Å². The number of nitrogen functional groups attached to an aromatic ring is 2. The summed E-state index contributed by atoms with van der Waals surface area (Å²) in [7, 11) is 0. The third-order valence-electron chi connectivity index (χ3n) is 8.78. The van der Waals surface area contributed by atoms with Gasteiger partial charge in [-0.25, -0.2) is 17.6 Å². The number of rotatable bonds is 9. The van der Waals surface area contributed by atoms with E-state index in [-0.39, 0.29) is 17.4 Å². The first-order chi connectivity index (χ1) is 17.8. The Morgan fingerprint density at radius 2 is 1.51 bits per heavy atom. The summed E-state index contributed by atoms with van der Waals surface area (Å²) in [4.78, 5) is 0. The summed E-state index contributed by atoms with van der Waals surface area (Å²) in [6, 6.07) is 5.13. The molecule has 4 N–H and O–H groups in total. The normalized spacial score (nSPS) is 24.4. The average Bonchev–Trinajstić information content (AvgIpc) is 2.88. The van der Waals surface area contributed by atoms with Crippen LogP contribution in [0, 0.1) is 29.4 Å². The summed E-state index contributed by atoms with van der Waals surface area (Å²) in [5.74, 6) is -0.243. The molecule has 0 amide bonds. The molecule has 0 heterocycles. The number of hydrogen-bond donors (Lipinski definition) is 2. The standard InChI is InChI=1S/C30H40F4N2O/c1-2-3-4-5-18-6-8-19(9-7-18)20-10-12-21(13-11-20)22-14-15-23(31)29(27(22)32)37-25-17-16-24(35)26(28(25)36)30(33)34/h14-21,30H,2-13,35-36H2,1H3. The minimum atomic E-state index is -2.93. The van der Waals surface area contributed by atoms with E-state index in [2.05, 4.69) is 6.92 Å². The molecule has 0 aliphatic heterocycles. The fourth-order valence-electron chi connectivity index (χ4n) is 6.57. The van der Waals surface area contributed by atoms with E-state index in [4.69, 9.17) is 16.2 Å². The summed E-state index contributed by atoms with van der Waals surface area (Å²) >= 11 is 0. The maximum absolute atomic E-state index is 15.5. The molecular weight excluding hydrogens is 480 g/mol. The fourth-order valence-corrected chi connectivity index (χ4v) is 6.57. The third kappa shape index (κ3) is 6.35. The van der Waals surface area contributed by atoms with Crippen LogP contribution in [0.15, 0.2) is 24.3 Å². The fraction of sp³-hybridized carbons (Fsp3) is 0.600. The van der Waals surface area contributed by atoms with Gasteiger partial charge in [-0.15, -0.1) is 0 Å². The highest BCUT2D eigenvalue weighted by atomic mass is 19.3. The summed E-state index contributed by atoms with van der Waals surface area (Å²) < 4.78 is 62.3. The predicted molar refractivity (Wildman–Crippen MR) is 141 cm³/mol. The summed E-state index contributed by atoms with van der Waals surface area (Å²) in [5.41, 5.74) is 10.6. The van der Waals surface area contributed by atoms with E-state index in [9.17, 15) is 13.2 Å². The smallest absolute Gasteiger partial charge is 0.267 e. The summed E-state index contributed by atoms with van der Waals surface area (Å²) in [6.07, 6.45) is 11.5. The Morgan fingerprint density at radius 1 is 0.865 bits per heavy atom. The van der Waals surface area contributed by atoms with Crippen molar-refractivity contribution in [2.75, 3.05) is 11.5 Å². The maximum Gasteiger partial charge on any atom is 0.267 e. The number of alkyl halides is 2. The van der Waals surface area contributed by atoms with Crippen molar-refractivity contribution in [3.05, 3.63) is 47.0 Å². The topological polar surface area (TPSA) is 61.3 Å². The van der Waals surface area contributed by atoms with Gasteiger partial charge in [0.05, 0.1) is 11.3 Å². The molecule has 0 atom stereocenters. The molecule has 2 fully saturated rings. The van der Waals surface area contributed by atoms with Crippen LogP contribution in [0.3, 0.4) is 0 Å². The highest BCUT2D eigenvalue weighted by Gasteiger charge is 2.33. The number of nitrogens with two attached hydrogens (primary N) is 2. The van der Waals surface area contributed by atoms with Crippen molar-refractivity contribution in [1.82, 2.24) is 0 Å². The molecule has 2 saturated carbocycles. The van der Waals surface area contributed by atoms with Crippen molar-refractivity contribution < 1.29 is 22.3 Å². The maximum atomic E-state index is 15.5. The Bertz CT molecular complexity index is 1040. The van der Waals surface area contributed by atoms with Crippen molar-refractivity contribution in [2.45, 2.75) is 96.3 Å². The van der Waals surface area contributed by atoms with E-state index in [1.807, 2.05) is 0 Å². The lowest BCUT2D eigenvalue weighted by Gasteiger charge is -2.38. The molecule has 0 spiro atoms. The molecule has 204 valence electrons. The predicted octanol–water partition coefficient (Wildman–Crippen LogP) is 9.52. The van der Waals surface area contributed by atoms with Gasteiger partial charge in [0.1, 0.15) is 0 Å². The second kappa shape index (κ2) is 12.4. The Hall–Kier alpha value is -2.44. The van der Waals surface area contributed by atoms with E-state index in [0.717, 1.165) is 37.5 Å². The first kappa shape index (κ1) is 27.6. The number of benzene rings is 2. The molecule has 37 heavy (non-hydrogen) atoms. The van der Waals surface area contributed by atoms with Crippen LogP contribution in [-0.4, -0.2) is 0 Å². The molecule has 2 aromatic carbocycles. The molecule has 0 bridgehead atoms. The van der Waals surface area contributed by atoms with E-state index in [0.29, 0.717) is 11.5 Å². The van der Waals surface area contributed by atoms with Gasteiger partial charge < -0.3 is 16.2 Å². The van der Waals surface area contributed by atoms with Gasteiger partial charge in [0, 0.05) is 5.69 Å². The molecule has 0 aromatic heterocycles. The van der Waals surface area contributed by atoms with Crippen LogP contribution >= 0.6 is 0 Å². The highest BCUT2D eigenvalue weighted by molar-refractivity contribution is 5.69. The van der Waals surface area contributed by atoms with E-state index >= 15 is 4.39 Å². The van der Waals surface area contributed by atoms with E-state index in [1.165, 1.54) is 75.6 Å². The van der Waals surface area contributed by atoms with Crippen LogP contribution in [0.4, 0.5) is 28.9 Å². The van der Waals surface area contributed by atoms with Crippen molar-refractivity contribution in [3.63, 3.8) is 0 Å². The monoisotopic (exact) mass is 520 g/mol. The Kier molecular flexibility index (Phi) is 9.25. The molecule has 2 aliphatic rings. The molecule has 0 unspecified atom stereocenters. The number of anilines is 2. The van der Waals surface area contributed by atoms with Gasteiger partial charge in [0.15, 0.2) is 23.1 Å². The van der Waals surface area contributed by atoms with Gasteiger partial charge in [-0.2, -0.15) is 0 Å². The average molecular weight is 521 g/mol. The summed E-state index contributed by atoms with van der Waals surface area (Å²) in [6.45, 7) is 2.25. The highest BCUT2D eigenvalue weighted by Crippen LogP contribution is 2.46. The largest absolute Gasteiger partial charge is 0.449 e. The van der Waals surface area contributed by atoms with Gasteiger partial charge in [-0.1, -0.05) is 51.5 Å². The zero-order valence-corrected chi connectivity index (χ0v) is 21.8. The molecule has 0 saturated heterocycles. The number of hydrogen-bond acceptors (Lipinski definition) is 3. The van der Waals surface area contributed by atoms with Gasteiger partial charge in [0.25, 0.3) is 6.43 Å². The molecular formula is C30H40F4N2O. The van der Waals surface area contributed by atoms with Crippen molar-refractivity contribution in [2.24, 2.45) is 17.8 Å². The number of halogens is 4. The molecule has 0 radical (unpaired) electrons. The van der Waals surface area contributed by atoms with Crippen LogP contribution in [0.5, 0.6) is 11.5 Å². The van der Waals surface area contributed by atoms with Crippen molar-refractivity contribution in [3.8, 4) is 11.5 Å².